The van der Waals surface area contributed by atoms with Gasteiger partial charge in [0.25, 0.3) is 0 Å². The molecule has 0 aliphatic carbocycles. The molecule has 2 aromatic heterocycles. The maximum Gasteiger partial charge on any atom is 0.230 e. The summed E-state index contributed by atoms with van der Waals surface area (Å²) >= 11 is 3.48. The van der Waals surface area contributed by atoms with E-state index in [2.05, 4.69) is 31.5 Å². The van der Waals surface area contributed by atoms with Crippen molar-refractivity contribution in [3.8, 4) is 0 Å². The van der Waals surface area contributed by atoms with E-state index in [1.807, 2.05) is 25.5 Å². The Labute approximate surface area is 125 Å². The third kappa shape index (κ3) is 3.09. The fourth-order valence-electron chi connectivity index (χ4n) is 1.87. The van der Waals surface area contributed by atoms with E-state index in [9.17, 15) is 4.79 Å². The van der Waals surface area contributed by atoms with Crippen LogP contribution in [0.2, 0.25) is 0 Å². The molecule has 0 radical (unpaired) electrons. The lowest BCUT2D eigenvalue weighted by molar-refractivity contribution is -0.119. The Kier molecular flexibility index (Phi) is 4.27. The molecule has 2 heterocycles. The molecule has 20 heavy (non-hydrogen) atoms. The van der Waals surface area contributed by atoms with Gasteiger partial charge >= 0.3 is 0 Å². The Morgan fingerprint density at radius 3 is 2.70 bits per heavy atom. The molecule has 0 aliphatic heterocycles. The van der Waals surface area contributed by atoms with Crippen molar-refractivity contribution in [2.24, 2.45) is 5.92 Å². The first-order chi connectivity index (χ1) is 9.38. The van der Waals surface area contributed by atoms with E-state index in [1.54, 1.807) is 13.0 Å². The lowest BCUT2D eigenvalue weighted by atomic mass is 10.1. The number of anilines is 1. The first-order valence-electron chi connectivity index (χ1n) is 6.32. The monoisotopic (exact) mass is 340 g/mol. The number of nitrogens with one attached hydrogen (secondary N) is 1. The summed E-state index contributed by atoms with van der Waals surface area (Å²) in [6, 6.07) is 1.69. The topological polar surface area (TPSA) is 73.0 Å². The van der Waals surface area contributed by atoms with Crippen molar-refractivity contribution in [2.75, 3.05) is 5.32 Å². The highest BCUT2D eigenvalue weighted by Gasteiger charge is 2.18. The summed E-state index contributed by atoms with van der Waals surface area (Å²) in [6.45, 7) is 8.04. The zero-order valence-electron chi connectivity index (χ0n) is 11.9. The first-order valence-corrected chi connectivity index (χ1v) is 7.11. The largest absolute Gasteiger partial charge is 0.360 e. The van der Waals surface area contributed by atoms with Gasteiger partial charge in [0.05, 0.1) is 22.6 Å². The number of carbonyl (C=O) groups excluding carboxylic acids is 1. The van der Waals surface area contributed by atoms with Gasteiger partial charge in [-0.3, -0.25) is 9.48 Å². The smallest absolute Gasteiger partial charge is 0.230 e. The number of rotatable bonds is 4. The third-order valence-corrected chi connectivity index (χ3v) is 4.21. The predicted molar refractivity (Wildman–Crippen MR) is 78.4 cm³/mol. The molecule has 2 aromatic rings. The molecule has 7 heteroatoms. The minimum absolute atomic E-state index is 0.109. The van der Waals surface area contributed by atoms with Gasteiger partial charge in [-0.2, -0.15) is 5.10 Å². The number of hydrogen-bond acceptors (Lipinski definition) is 4. The number of aryl methyl sites for hydroxylation is 2. The van der Waals surface area contributed by atoms with E-state index in [0.717, 1.165) is 15.9 Å². The van der Waals surface area contributed by atoms with Crippen molar-refractivity contribution >= 4 is 27.7 Å². The van der Waals surface area contributed by atoms with Gasteiger partial charge in [0, 0.05) is 11.8 Å². The highest BCUT2D eigenvalue weighted by molar-refractivity contribution is 9.10. The Bertz CT molecular complexity index is 632. The van der Waals surface area contributed by atoms with Gasteiger partial charge in [-0.05, 0) is 36.7 Å². The summed E-state index contributed by atoms with van der Waals surface area (Å²) in [6.07, 6.45) is 0. The van der Waals surface area contributed by atoms with Crippen molar-refractivity contribution in [3.05, 3.63) is 27.7 Å². The van der Waals surface area contributed by atoms with Crippen LogP contribution >= 0.6 is 15.9 Å². The molecule has 0 aliphatic rings. The van der Waals surface area contributed by atoms with Crippen molar-refractivity contribution in [1.82, 2.24) is 14.9 Å². The second-order valence-corrected chi connectivity index (χ2v) is 5.67. The molecule has 0 unspecified atom stereocenters. The zero-order chi connectivity index (χ0) is 14.9. The normalized spacial score (nSPS) is 12.4. The van der Waals surface area contributed by atoms with Gasteiger partial charge in [-0.1, -0.05) is 12.1 Å². The van der Waals surface area contributed by atoms with E-state index in [0.29, 0.717) is 18.1 Å². The number of nitrogens with zero attached hydrogens (tertiary/aromatic N) is 3. The van der Waals surface area contributed by atoms with Crippen LogP contribution in [-0.2, 0) is 11.3 Å². The number of amides is 1. The lowest BCUT2D eigenvalue weighted by Crippen LogP contribution is -2.25. The molecular formula is C13H17BrN4O2. The summed E-state index contributed by atoms with van der Waals surface area (Å²) in [5.74, 6) is 0.767. The second-order valence-electron chi connectivity index (χ2n) is 4.88. The van der Waals surface area contributed by atoms with Crippen molar-refractivity contribution < 1.29 is 9.32 Å². The molecule has 0 aromatic carbocycles. The van der Waals surface area contributed by atoms with Gasteiger partial charge in [-0.25, -0.2) is 0 Å². The van der Waals surface area contributed by atoms with Gasteiger partial charge in [0.2, 0.25) is 5.91 Å². The van der Waals surface area contributed by atoms with Crippen molar-refractivity contribution in [3.63, 3.8) is 0 Å². The average molecular weight is 341 g/mol. The fourth-order valence-corrected chi connectivity index (χ4v) is 2.15. The van der Waals surface area contributed by atoms with E-state index in [4.69, 9.17) is 4.52 Å². The maximum atomic E-state index is 12.1. The molecule has 0 fully saturated rings. The minimum Gasteiger partial charge on any atom is -0.360 e. The molecule has 6 nitrogen and oxygen atoms in total. The second kappa shape index (κ2) is 5.78. The predicted octanol–water partition coefficient (Wildman–Crippen LogP) is 2.83. The van der Waals surface area contributed by atoms with Gasteiger partial charge in [0.1, 0.15) is 5.76 Å². The van der Waals surface area contributed by atoms with E-state index < -0.39 is 0 Å². The van der Waals surface area contributed by atoms with E-state index >= 15 is 0 Å². The van der Waals surface area contributed by atoms with Crippen molar-refractivity contribution in [2.45, 2.75) is 34.2 Å². The van der Waals surface area contributed by atoms with Crippen LogP contribution in [0, 0.1) is 26.7 Å². The van der Waals surface area contributed by atoms with Crippen LogP contribution in [0.3, 0.4) is 0 Å². The van der Waals surface area contributed by atoms with Crippen LogP contribution in [0.25, 0.3) is 0 Å². The zero-order valence-corrected chi connectivity index (χ0v) is 13.5. The number of carbonyl (C=O) groups is 1. The molecule has 108 valence electrons. The number of halogens is 1. The standard InChI is InChI=1S/C13H17BrN4O2/c1-7(6-18-10(4)12(14)9(3)16-18)13(19)15-11-5-8(2)20-17-11/h5,7H,6H2,1-4H3,(H,15,17,19)/t7-/m0/s1. The number of hydrogen-bond donors (Lipinski definition) is 1. The van der Waals surface area contributed by atoms with Crippen LogP contribution in [0.15, 0.2) is 15.1 Å². The molecule has 0 spiro atoms. The van der Waals surface area contributed by atoms with Gasteiger partial charge < -0.3 is 9.84 Å². The Balaban J connectivity index is 2.02. The highest BCUT2D eigenvalue weighted by atomic mass is 79.9. The van der Waals surface area contributed by atoms with Crippen molar-refractivity contribution in [1.29, 1.82) is 0 Å². The van der Waals surface area contributed by atoms with Gasteiger partial charge in [-0.15, -0.1) is 0 Å². The molecule has 1 amide bonds. The Morgan fingerprint density at radius 1 is 1.50 bits per heavy atom. The molecular weight excluding hydrogens is 324 g/mol. The quantitative estimate of drug-likeness (QED) is 0.928. The summed E-state index contributed by atoms with van der Waals surface area (Å²) in [7, 11) is 0. The summed E-state index contributed by atoms with van der Waals surface area (Å²) in [4.78, 5) is 12.1. The minimum atomic E-state index is -0.225. The van der Waals surface area contributed by atoms with E-state index in [-0.39, 0.29) is 11.8 Å². The molecule has 2 rings (SSSR count). The molecule has 0 bridgehead atoms. The molecule has 0 saturated carbocycles. The van der Waals surface area contributed by atoms with Crippen LogP contribution in [0.1, 0.15) is 24.1 Å². The SMILES string of the molecule is Cc1cc(NC(=O)[C@@H](C)Cn2nc(C)c(Br)c2C)no1. The molecule has 0 saturated heterocycles. The summed E-state index contributed by atoms with van der Waals surface area (Å²) in [5.41, 5.74) is 1.93. The van der Waals surface area contributed by atoms with Crippen LogP contribution in [-0.4, -0.2) is 20.8 Å². The van der Waals surface area contributed by atoms with Crippen LogP contribution in [0.5, 0.6) is 0 Å². The molecule has 1 atom stereocenters. The van der Waals surface area contributed by atoms with Crippen LogP contribution in [0.4, 0.5) is 5.82 Å². The average Bonchev–Trinajstić information content (AvgIpc) is 2.89. The third-order valence-electron chi connectivity index (χ3n) is 3.07. The summed E-state index contributed by atoms with van der Waals surface area (Å²) in [5, 5.41) is 10.9. The number of aromatic nitrogens is 3. The first kappa shape index (κ1) is 14.8. The summed E-state index contributed by atoms with van der Waals surface area (Å²) < 4.78 is 7.73. The lowest BCUT2D eigenvalue weighted by Gasteiger charge is -2.12. The highest BCUT2D eigenvalue weighted by Crippen LogP contribution is 2.20. The Morgan fingerprint density at radius 2 is 2.20 bits per heavy atom. The Hall–Kier alpha value is -1.63. The van der Waals surface area contributed by atoms with Crippen LogP contribution < -0.4 is 5.32 Å². The fraction of sp³-hybridized carbons (Fsp3) is 0.462. The molecule has 1 N–H and O–H groups in total. The van der Waals surface area contributed by atoms with E-state index in [1.165, 1.54) is 0 Å². The maximum absolute atomic E-state index is 12.1. The van der Waals surface area contributed by atoms with Gasteiger partial charge in [0.15, 0.2) is 5.82 Å².